The number of fused-ring (bicyclic) bond motifs is 2. The van der Waals surface area contributed by atoms with Crippen LogP contribution >= 0.6 is 0 Å². The highest BCUT2D eigenvalue weighted by molar-refractivity contribution is 6.03. The zero-order chi connectivity index (χ0) is 20.5. The van der Waals surface area contributed by atoms with Crippen LogP contribution in [0, 0.1) is 0 Å². The number of hydrogen-bond donors (Lipinski definition) is 3. The van der Waals surface area contributed by atoms with E-state index in [4.69, 9.17) is 9.47 Å². The lowest BCUT2D eigenvalue weighted by molar-refractivity contribution is 0.0950. The first-order valence-corrected chi connectivity index (χ1v) is 9.18. The van der Waals surface area contributed by atoms with E-state index in [1.54, 1.807) is 18.2 Å². The van der Waals surface area contributed by atoms with Crippen LogP contribution in [0.4, 0.5) is 0 Å². The minimum atomic E-state index is -0.453. The van der Waals surface area contributed by atoms with Gasteiger partial charge in [-0.05, 0) is 41.1 Å². The van der Waals surface area contributed by atoms with E-state index in [1.807, 2.05) is 42.5 Å². The Balaban J connectivity index is 1.33. The highest BCUT2D eigenvalue weighted by atomic mass is 16.7. The summed E-state index contributed by atoms with van der Waals surface area (Å²) in [5, 5.41) is 22.8. The maximum Gasteiger partial charge on any atom is 0.289 e. The van der Waals surface area contributed by atoms with Gasteiger partial charge in [0.15, 0.2) is 11.5 Å². The van der Waals surface area contributed by atoms with Crippen molar-refractivity contribution < 1.29 is 19.4 Å². The molecule has 148 valence electrons. The summed E-state index contributed by atoms with van der Waals surface area (Å²) in [6.45, 7) is 0.192. The van der Waals surface area contributed by atoms with Crippen molar-refractivity contribution in [2.24, 2.45) is 5.10 Å². The number of rotatable bonds is 4. The number of phenolic OH excluding ortho intramolecular Hbond substituents is 1. The molecule has 5 rings (SSSR count). The SMILES string of the molecule is O=C(N/N=C/c1c(O)ccc2ccccc12)c1cc(-c2ccc3c(c2)OCO3)n[nH]1. The molecule has 1 aliphatic heterocycles. The lowest BCUT2D eigenvalue weighted by Crippen LogP contribution is -2.18. The number of H-pyrrole nitrogens is 1. The zero-order valence-corrected chi connectivity index (χ0v) is 15.6. The number of carbonyl (C=O) groups excluding carboxylic acids is 1. The lowest BCUT2D eigenvalue weighted by Gasteiger charge is -2.04. The third-order valence-electron chi connectivity index (χ3n) is 4.80. The Labute approximate surface area is 170 Å². The Morgan fingerprint density at radius 1 is 1.10 bits per heavy atom. The van der Waals surface area contributed by atoms with Gasteiger partial charge >= 0.3 is 0 Å². The molecule has 2 heterocycles. The summed E-state index contributed by atoms with van der Waals surface area (Å²) >= 11 is 0. The van der Waals surface area contributed by atoms with Crippen LogP contribution in [0.3, 0.4) is 0 Å². The molecule has 0 saturated heterocycles. The fraction of sp³-hybridized carbons (Fsp3) is 0.0455. The number of hydrazone groups is 1. The summed E-state index contributed by atoms with van der Waals surface area (Å²) in [6.07, 6.45) is 1.42. The highest BCUT2D eigenvalue weighted by Gasteiger charge is 2.16. The molecule has 4 aromatic rings. The second-order valence-electron chi connectivity index (χ2n) is 6.65. The van der Waals surface area contributed by atoms with E-state index >= 15 is 0 Å². The number of benzene rings is 3. The Morgan fingerprint density at radius 2 is 1.97 bits per heavy atom. The van der Waals surface area contributed by atoms with Gasteiger partial charge in [-0.1, -0.05) is 30.3 Å². The Hall–Kier alpha value is -4.33. The lowest BCUT2D eigenvalue weighted by atomic mass is 10.0. The van der Waals surface area contributed by atoms with Crippen molar-refractivity contribution in [3.05, 3.63) is 71.9 Å². The number of aromatic amines is 1. The maximum atomic E-state index is 12.4. The van der Waals surface area contributed by atoms with Gasteiger partial charge < -0.3 is 14.6 Å². The van der Waals surface area contributed by atoms with Gasteiger partial charge in [-0.3, -0.25) is 9.89 Å². The topological polar surface area (TPSA) is 109 Å². The molecular weight excluding hydrogens is 384 g/mol. The number of hydrogen-bond acceptors (Lipinski definition) is 6. The number of phenols is 1. The van der Waals surface area contributed by atoms with Gasteiger partial charge in [0.2, 0.25) is 6.79 Å². The Morgan fingerprint density at radius 3 is 2.90 bits per heavy atom. The minimum absolute atomic E-state index is 0.0818. The largest absolute Gasteiger partial charge is 0.507 e. The van der Waals surface area contributed by atoms with Gasteiger partial charge in [0, 0.05) is 11.1 Å². The Kier molecular flexibility index (Phi) is 4.29. The number of aromatic hydroxyl groups is 1. The van der Waals surface area contributed by atoms with Crippen LogP contribution in [0.5, 0.6) is 17.2 Å². The average molecular weight is 400 g/mol. The van der Waals surface area contributed by atoms with Crippen molar-refractivity contribution in [1.29, 1.82) is 0 Å². The summed E-state index contributed by atoms with van der Waals surface area (Å²) in [6, 6.07) is 18.1. The van der Waals surface area contributed by atoms with Gasteiger partial charge in [-0.2, -0.15) is 10.2 Å². The number of amides is 1. The minimum Gasteiger partial charge on any atom is -0.507 e. The predicted octanol–water partition coefficient (Wildman–Crippen LogP) is 3.43. The van der Waals surface area contributed by atoms with E-state index in [-0.39, 0.29) is 18.2 Å². The number of nitrogens with one attached hydrogen (secondary N) is 2. The molecule has 0 fully saturated rings. The summed E-state index contributed by atoms with van der Waals surface area (Å²) < 4.78 is 10.7. The zero-order valence-electron chi connectivity index (χ0n) is 15.6. The van der Waals surface area contributed by atoms with Crippen molar-refractivity contribution in [2.75, 3.05) is 6.79 Å². The molecule has 1 amide bonds. The van der Waals surface area contributed by atoms with Crippen molar-refractivity contribution >= 4 is 22.9 Å². The molecule has 8 nitrogen and oxygen atoms in total. The molecule has 1 aliphatic rings. The monoisotopic (exact) mass is 400 g/mol. The van der Waals surface area contributed by atoms with E-state index in [2.05, 4.69) is 20.7 Å². The van der Waals surface area contributed by atoms with Gasteiger partial charge in [-0.25, -0.2) is 5.43 Å². The van der Waals surface area contributed by atoms with E-state index in [0.29, 0.717) is 22.8 Å². The second-order valence-corrected chi connectivity index (χ2v) is 6.65. The molecule has 0 unspecified atom stereocenters. The molecule has 0 aliphatic carbocycles. The van der Waals surface area contributed by atoms with Crippen molar-refractivity contribution in [3.8, 4) is 28.5 Å². The van der Waals surface area contributed by atoms with E-state index in [1.165, 1.54) is 6.21 Å². The van der Waals surface area contributed by atoms with Crippen LogP contribution in [-0.2, 0) is 0 Å². The first-order chi connectivity index (χ1) is 14.7. The highest BCUT2D eigenvalue weighted by Crippen LogP contribution is 2.35. The summed E-state index contributed by atoms with van der Waals surface area (Å²) in [4.78, 5) is 12.4. The number of aromatic nitrogens is 2. The van der Waals surface area contributed by atoms with Gasteiger partial charge in [-0.15, -0.1) is 0 Å². The average Bonchev–Trinajstić information content (AvgIpc) is 3.44. The molecule has 1 aromatic heterocycles. The summed E-state index contributed by atoms with van der Waals surface area (Å²) in [5.74, 6) is 0.947. The second kappa shape index (κ2) is 7.25. The Bertz CT molecular complexity index is 1300. The van der Waals surface area contributed by atoms with Crippen molar-refractivity contribution in [2.45, 2.75) is 0 Å². The number of nitrogens with zero attached hydrogens (tertiary/aromatic N) is 2. The number of carbonyl (C=O) groups is 1. The van der Waals surface area contributed by atoms with Gasteiger partial charge in [0.05, 0.1) is 11.9 Å². The molecule has 3 N–H and O–H groups in total. The molecule has 3 aromatic carbocycles. The van der Waals surface area contributed by atoms with Crippen LogP contribution in [0.1, 0.15) is 16.1 Å². The molecule has 30 heavy (non-hydrogen) atoms. The molecule has 0 spiro atoms. The quantitative estimate of drug-likeness (QED) is 0.359. The normalized spacial score (nSPS) is 12.5. The molecule has 0 atom stereocenters. The van der Waals surface area contributed by atoms with Crippen molar-refractivity contribution in [1.82, 2.24) is 15.6 Å². The molecule has 0 saturated carbocycles. The number of ether oxygens (including phenoxy) is 2. The van der Waals surface area contributed by atoms with Crippen LogP contribution in [-0.4, -0.2) is 34.2 Å². The summed E-state index contributed by atoms with van der Waals surface area (Å²) in [7, 11) is 0. The molecular formula is C22H16N4O4. The summed E-state index contributed by atoms with van der Waals surface area (Å²) in [5.41, 5.74) is 4.61. The molecule has 0 radical (unpaired) electrons. The van der Waals surface area contributed by atoms with Gasteiger partial charge in [0.25, 0.3) is 5.91 Å². The van der Waals surface area contributed by atoms with E-state index in [9.17, 15) is 9.90 Å². The van der Waals surface area contributed by atoms with Crippen LogP contribution in [0.25, 0.3) is 22.0 Å². The fourth-order valence-corrected chi connectivity index (χ4v) is 3.28. The van der Waals surface area contributed by atoms with Crippen LogP contribution in [0.15, 0.2) is 65.8 Å². The fourth-order valence-electron chi connectivity index (χ4n) is 3.28. The van der Waals surface area contributed by atoms with Gasteiger partial charge in [0.1, 0.15) is 11.4 Å². The smallest absolute Gasteiger partial charge is 0.289 e. The maximum absolute atomic E-state index is 12.4. The predicted molar refractivity (Wildman–Crippen MR) is 111 cm³/mol. The van der Waals surface area contributed by atoms with Crippen LogP contribution < -0.4 is 14.9 Å². The standard InChI is InChI=1S/C22H16N4O4/c27-19-7-5-13-3-1-2-4-15(13)16(19)11-23-26-22(28)18-10-17(24-25-18)14-6-8-20-21(9-14)30-12-29-20/h1-11,27H,12H2,(H,24,25)(H,26,28)/b23-11+. The molecule has 8 heteroatoms. The molecule has 0 bridgehead atoms. The van der Waals surface area contributed by atoms with Crippen molar-refractivity contribution in [3.63, 3.8) is 0 Å². The first kappa shape index (κ1) is 17.7. The van der Waals surface area contributed by atoms with Crippen LogP contribution in [0.2, 0.25) is 0 Å². The third kappa shape index (κ3) is 3.20. The first-order valence-electron chi connectivity index (χ1n) is 9.18. The van der Waals surface area contributed by atoms with E-state index in [0.717, 1.165) is 16.3 Å². The third-order valence-corrected chi connectivity index (χ3v) is 4.80. The van der Waals surface area contributed by atoms with E-state index < -0.39 is 5.91 Å².